The lowest BCUT2D eigenvalue weighted by atomic mass is 9.95. The van der Waals surface area contributed by atoms with Crippen molar-refractivity contribution in [3.63, 3.8) is 0 Å². The van der Waals surface area contributed by atoms with Gasteiger partial charge in [0.2, 0.25) is 0 Å². The van der Waals surface area contributed by atoms with Crippen LogP contribution in [-0.4, -0.2) is 41.4 Å². The molecule has 1 aromatic rings. The van der Waals surface area contributed by atoms with Crippen LogP contribution in [0.25, 0.3) is 0 Å². The number of hydrogen-bond acceptors (Lipinski definition) is 2. The van der Waals surface area contributed by atoms with Crippen LogP contribution in [0.5, 0.6) is 0 Å². The summed E-state index contributed by atoms with van der Waals surface area (Å²) in [5, 5.41) is 2.48. The number of carbonyl (C=O) groups excluding carboxylic acids is 2. The predicted molar refractivity (Wildman–Crippen MR) is 79.2 cm³/mol. The maximum atomic E-state index is 14.2. The van der Waals surface area contributed by atoms with Gasteiger partial charge in [-0.15, -0.1) is 0 Å². The number of nitrogens with zero attached hydrogens (tertiary/aromatic N) is 2. The van der Waals surface area contributed by atoms with Gasteiger partial charge in [-0.3, -0.25) is 9.69 Å². The van der Waals surface area contributed by atoms with Crippen molar-refractivity contribution in [1.82, 2.24) is 15.1 Å². The molecule has 24 heavy (non-hydrogen) atoms. The lowest BCUT2D eigenvalue weighted by Crippen LogP contribution is -2.45. The van der Waals surface area contributed by atoms with Crippen molar-refractivity contribution in [2.24, 2.45) is 0 Å². The molecule has 0 aliphatic carbocycles. The van der Waals surface area contributed by atoms with Crippen molar-refractivity contribution in [2.45, 2.75) is 25.9 Å². The summed E-state index contributed by atoms with van der Waals surface area (Å²) in [7, 11) is 1.50. The van der Waals surface area contributed by atoms with E-state index < -0.39 is 29.5 Å². The Morgan fingerprint density at radius 2 is 1.75 bits per heavy atom. The number of halogens is 3. The average molecular weight is 339 g/mol. The third-order valence-electron chi connectivity index (χ3n) is 4.36. The highest BCUT2D eigenvalue weighted by atomic mass is 19.2. The molecule has 3 amide bonds. The topological polar surface area (TPSA) is 52.7 Å². The Morgan fingerprint density at radius 1 is 1.12 bits per heavy atom. The minimum Gasteiger partial charge on any atom is -0.331 e. The average Bonchev–Trinajstić information content (AvgIpc) is 2.85. The third kappa shape index (κ3) is 2.33. The molecule has 1 aromatic carbocycles. The molecule has 0 spiro atoms. The Kier molecular flexibility index (Phi) is 3.77. The van der Waals surface area contributed by atoms with Crippen molar-refractivity contribution in [1.29, 1.82) is 0 Å². The summed E-state index contributed by atoms with van der Waals surface area (Å²) in [6, 6.07) is -0.732. The molecule has 5 nitrogen and oxygen atoms in total. The second-order valence-corrected chi connectivity index (χ2v) is 6.12. The number of rotatable bonds is 2. The fourth-order valence-electron chi connectivity index (χ4n) is 3.00. The van der Waals surface area contributed by atoms with Crippen LogP contribution in [-0.2, 0) is 4.79 Å². The van der Waals surface area contributed by atoms with Gasteiger partial charge in [0.15, 0.2) is 11.6 Å². The fourth-order valence-corrected chi connectivity index (χ4v) is 3.00. The third-order valence-corrected chi connectivity index (χ3v) is 4.36. The van der Waals surface area contributed by atoms with Gasteiger partial charge >= 0.3 is 6.03 Å². The van der Waals surface area contributed by atoms with Crippen LogP contribution >= 0.6 is 0 Å². The summed E-state index contributed by atoms with van der Waals surface area (Å²) >= 11 is 0. The highest BCUT2D eigenvalue weighted by Gasteiger charge is 2.44. The van der Waals surface area contributed by atoms with Gasteiger partial charge < -0.3 is 10.2 Å². The zero-order valence-electron chi connectivity index (χ0n) is 13.4. The van der Waals surface area contributed by atoms with Gasteiger partial charge in [-0.25, -0.2) is 18.0 Å². The predicted octanol–water partition coefficient (Wildman–Crippen LogP) is 2.30. The van der Waals surface area contributed by atoms with Crippen LogP contribution in [0.4, 0.5) is 18.0 Å². The van der Waals surface area contributed by atoms with Crippen molar-refractivity contribution in [3.05, 3.63) is 46.4 Å². The Balaban J connectivity index is 2.13. The molecule has 0 unspecified atom stereocenters. The Labute approximate surface area is 136 Å². The van der Waals surface area contributed by atoms with E-state index in [0.717, 1.165) is 0 Å². The standard InChI is InChI=1S/C16H16F3N3O2/c1-7(2)22-6-12-13(15(22)23)14(20-16(24)21(12)3)8-4-10(18)11(19)5-9(8)17/h4-5,7,14H,6H2,1-3H3,(H,20,24)/t14-/m1/s1. The minimum atomic E-state index is -1.33. The van der Waals surface area contributed by atoms with E-state index in [9.17, 15) is 22.8 Å². The molecule has 0 radical (unpaired) electrons. The Morgan fingerprint density at radius 3 is 2.38 bits per heavy atom. The molecule has 0 bridgehead atoms. The van der Waals surface area contributed by atoms with E-state index in [1.165, 1.54) is 16.8 Å². The van der Waals surface area contributed by atoms with Crippen LogP contribution in [0.15, 0.2) is 23.4 Å². The van der Waals surface area contributed by atoms with E-state index in [1.54, 1.807) is 0 Å². The Bertz CT molecular complexity index is 776. The second kappa shape index (κ2) is 5.54. The first-order valence-corrected chi connectivity index (χ1v) is 7.45. The lowest BCUT2D eigenvalue weighted by Gasteiger charge is -2.31. The van der Waals surface area contributed by atoms with E-state index in [2.05, 4.69) is 5.32 Å². The van der Waals surface area contributed by atoms with Crippen LogP contribution in [0.1, 0.15) is 25.5 Å². The SMILES string of the molecule is CC(C)N1CC2=C(C1=O)[C@@H](c1cc(F)c(F)cc1F)NC(=O)N2C. The van der Waals surface area contributed by atoms with Gasteiger partial charge in [0.1, 0.15) is 5.82 Å². The van der Waals surface area contributed by atoms with Crippen LogP contribution in [0.2, 0.25) is 0 Å². The van der Waals surface area contributed by atoms with Gasteiger partial charge in [0.05, 0.1) is 23.9 Å². The first-order valence-electron chi connectivity index (χ1n) is 7.45. The number of carbonyl (C=O) groups is 2. The second-order valence-electron chi connectivity index (χ2n) is 6.12. The van der Waals surface area contributed by atoms with Gasteiger partial charge in [-0.05, 0) is 19.9 Å². The van der Waals surface area contributed by atoms with Gasteiger partial charge in [-0.2, -0.15) is 0 Å². The Hall–Kier alpha value is -2.51. The number of amides is 3. The normalized spacial score (nSPS) is 20.9. The molecule has 0 fully saturated rings. The molecular weight excluding hydrogens is 323 g/mol. The number of hydrogen-bond donors (Lipinski definition) is 1. The summed E-state index contributed by atoms with van der Waals surface area (Å²) in [6.45, 7) is 3.84. The largest absolute Gasteiger partial charge is 0.331 e. The van der Waals surface area contributed by atoms with Crippen molar-refractivity contribution < 1.29 is 22.8 Å². The van der Waals surface area contributed by atoms with Crippen LogP contribution in [0.3, 0.4) is 0 Å². The van der Waals surface area contributed by atoms with Gasteiger partial charge in [0, 0.05) is 24.7 Å². The van der Waals surface area contributed by atoms with E-state index in [-0.39, 0.29) is 29.6 Å². The van der Waals surface area contributed by atoms with Crippen LogP contribution in [0, 0.1) is 17.5 Å². The monoisotopic (exact) mass is 339 g/mol. The van der Waals surface area contributed by atoms with E-state index >= 15 is 0 Å². The summed E-state index contributed by atoms with van der Waals surface area (Å²) in [4.78, 5) is 27.6. The molecule has 1 N–H and O–H groups in total. The highest BCUT2D eigenvalue weighted by Crippen LogP contribution is 2.37. The highest BCUT2D eigenvalue weighted by molar-refractivity contribution is 6.01. The van der Waals surface area contributed by atoms with E-state index in [0.29, 0.717) is 17.8 Å². The first kappa shape index (κ1) is 16.4. The summed E-state index contributed by atoms with van der Waals surface area (Å²) in [6.07, 6.45) is 0. The minimum absolute atomic E-state index is 0.123. The van der Waals surface area contributed by atoms with Crippen molar-refractivity contribution in [3.8, 4) is 0 Å². The smallest absolute Gasteiger partial charge is 0.322 e. The molecule has 3 rings (SSSR count). The van der Waals surface area contributed by atoms with E-state index in [4.69, 9.17) is 0 Å². The molecule has 1 atom stereocenters. The number of benzene rings is 1. The fraction of sp³-hybridized carbons (Fsp3) is 0.375. The number of likely N-dealkylation sites (N-methyl/N-ethyl adjacent to an activating group) is 1. The van der Waals surface area contributed by atoms with Crippen LogP contribution < -0.4 is 5.32 Å². The van der Waals surface area contributed by atoms with E-state index in [1.807, 2.05) is 13.8 Å². The number of urea groups is 1. The molecule has 0 aromatic heterocycles. The summed E-state index contributed by atoms with van der Waals surface area (Å²) in [5.41, 5.74) is 0.337. The molecular formula is C16H16F3N3O2. The molecule has 2 aliphatic heterocycles. The molecule has 2 heterocycles. The quantitative estimate of drug-likeness (QED) is 0.841. The maximum Gasteiger partial charge on any atom is 0.322 e. The zero-order chi connectivity index (χ0) is 17.8. The first-order chi connectivity index (χ1) is 11.2. The maximum absolute atomic E-state index is 14.2. The van der Waals surface area contributed by atoms with Crippen molar-refractivity contribution in [2.75, 3.05) is 13.6 Å². The zero-order valence-corrected chi connectivity index (χ0v) is 13.4. The summed E-state index contributed by atoms with van der Waals surface area (Å²) in [5.74, 6) is -3.95. The molecule has 8 heteroatoms. The van der Waals surface area contributed by atoms with Gasteiger partial charge in [-0.1, -0.05) is 0 Å². The molecule has 2 aliphatic rings. The molecule has 128 valence electrons. The lowest BCUT2D eigenvalue weighted by molar-refractivity contribution is -0.127. The van der Waals surface area contributed by atoms with Gasteiger partial charge in [0.25, 0.3) is 5.91 Å². The van der Waals surface area contributed by atoms with Crippen molar-refractivity contribution >= 4 is 11.9 Å². The summed E-state index contributed by atoms with van der Waals surface area (Å²) < 4.78 is 40.9. The molecule has 0 saturated heterocycles. The molecule has 0 saturated carbocycles. The number of nitrogens with one attached hydrogen (secondary N) is 1.